The smallest absolute Gasteiger partial charge is 0.262 e. The monoisotopic (exact) mass is 257 g/mol. The van der Waals surface area contributed by atoms with Gasteiger partial charge in [0.2, 0.25) is 0 Å². The van der Waals surface area contributed by atoms with Crippen molar-refractivity contribution in [3.63, 3.8) is 0 Å². The van der Waals surface area contributed by atoms with Gasteiger partial charge in [-0.1, -0.05) is 5.16 Å². The zero-order valence-corrected chi connectivity index (χ0v) is 9.24. The van der Waals surface area contributed by atoms with E-state index in [9.17, 15) is 12.8 Å². The van der Waals surface area contributed by atoms with Crippen LogP contribution < -0.4 is 10.5 Å². The van der Waals surface area contributed by atoms with E-state index in [4.69, 9.17) is 5.73 Å². The maximum absolute atomic E-state index is 13.1. The summed E-state index contributed by atoms with van der Waals surface area (Å²) in [6, 6.07) is 3.22. The molecule has 0 aliphatic carbocycles. The molecule has 8 heteroatoms. The average Bonchev–Trinajstić information content (AvgIpc) is 2.73. The summed E-state index contributed by atoms with van der Waals surface area (Å²) in [5.74, 6) is -0.793. The normalized spacial score (nSPS) is 11.4. The van der Waals surface area contributed by atoms with Gasteiger partial charge in [0.25, 0.3) is 10.0 Å². The number of benzene rings is 1. The summed E-state index contributed by atoms with van der Waals surface area (Å²) in [4.78, 5) is -0.231. The Balaban J connectivity index is 2.35. The highest BCUT2D eigenvalue weighted by atomic mass is 32.2. The summed E-state index contributed by atoms with van der Waals surface area (Å²) in [7, 11) is -3.87. The van der Waals surface area contributed by atoms with Crippen LogP contribution in [0.15, 0.2) is 40.1 Å². The van der Waals surface area contributed by atoms with Gasteiger partial charge < -0.3 is 10.3 Å². The number of nitrogen functional groups attached to an aromatic ring is 1. The van der Waals surface area contributed by atoms with Gasteiger partial charge in [-0.25, -0.2) is 12.8 Å². The lowest BCUT2D eigenvalue weighted by Crippen LogP contribution is -2.13. The van der Waals surface area contributed by atoms with E-state index < -0.39 is 15.8 Å². The van der Waals surface area contributed by atoms with Gasteiger partial charge in [0.05, 0.1) is 16.8 Å². The van der Waals surface area contributed by atoms with Crippen LogP contribution in [0.25, 0.3) is 0 Å². The number of halogens is 1. The summed E-state index contributed by atoms with van der Waals surface area (Å²) in [6.45, 7) is 0. The summed E-state index contributed by atoms with van der Waals surface area (Å²) < 4.78 is 43.3. The third kappa shape index (κ3) is 2.36. The molecule has 2 rings (SSSR count). The minimum absolute atomic E-state index is 0.117. The Bertz CT molecular complexity index is 625. The molecule has 1 heterocycles. The van der Waals surface area contributed by atoms with Crippen LogP contribution in [0.5, 0.6) is 0 Å². The molecule has 0 amide bonds. The number of sulfonamides is 1. The number of aromatic nitrogens is 1. The van der Waals surface area contributed by atoms with Crippen LogP contribution in [-0.4, -0.2) is 13.6 Å². The van der Waals surface area contributed by atoms with Crippen LogP contribution >= 0.6 is 0 Å². The average molecular weight is 257 g/mol. The van der Waals surface area contributed by atoms with Crippen LogP contribution in [0.4, 0.5) is 15.8 Å². The first kappa shape index (κ1) is 11.4. The Morgan fingerprint density at radius 3 is 2.76 bits per heavy atom. The molecule has 0 aliphatic heterocycles. The standard InChI is InChI=1S/C9H8FN3O3S/c10-8-3-7(1-2-9(8)11)17(14,15)13-6-4-12-16-5-6/h1-5,13H,11H2. The molecule has 0 saturated carbocycles. The summed E-state index contributed by atoms with van der Waals surface area (Å²) in [5.41, 5.74) is 5.29. The zero-order chi connectivity index (χ0) is 12.5. The number of nitrogens with two attached hydrogens (primary N) is 1. The fourth-order valence-electron chi connectivity index (χ4n) is 1.14. The summed E-state index contributed by atoms with van der Waals surface area (Å²) in [5, 5.41) is 3.34. The summed E-state index contributed by atoms with van der Waals surface area (Å²) >= 11 is 0. The molecule has 6 nitrogen and oxygen atoms in total. The topological polar surface area (TPSA) is 98.2 Å². The Labute approximate surface area is 96.3 Å². The fraction of sp³-hybridized carbons (Fsp3) is 0. The molecule has 0 spiro atoms. The number of nitrogens with zero attached hydrogens (tertiary/aromatic N) is 1. The molecule has 0 bridgehead atoms. The first-order chi connectivity index (χ1) is 7.99. The van der Waals surface area contributed by atoms with Crippen LogP contribution in [0.1, 0.15) is 0 Å². The zero-order valence-electron chi connectivity index (χ0n) is 8.42. The SMILES string of the molecule is Nc1ccc(S(=O)(=O)Nc2cnoc2)cc1F. The Morgan fingerprint density at radius 2 is 2.18 bits per heavy atom. The molecule has 1 aromatic carbocycles. The van der Waals surface area contributed by atoms with Crippen molar-refractivity contribution in [2.45, 2.75) is 4.90 Å². The third-order valence-corrected chi connectivity index (χ3v) is 3.35. The van der Waals surface area contributed by atoms with Crippen LogP contribution in [0.2, 0.25) is 0 Å². The van der Waals surface area contributed by atoms with E-state index in [1.165, 1.54) is 18.3 Å². The van der Waals surface area contributed by atoms with Crippen molar-refractivity contribution in [1.29, 1.82) is 0 Å². The minimum atomic E-state index is -3.87. The van der Waals surface area contributed by atoms with Gasteiger partial charge in [-0.05, 0) is 18.2 Å². The highest BCUT2D eigenvalue weighted by Gasteiger charge is 2.16. The molecule has 1 aromatic heterocycles. The fourth-order valence-corrected chi connectivity index (χ4v) is 2.18. The number of nitrogens with one attached hydrogen (secondary N) is 1. The Kier molecular flexibility index (Phi) is 2.72. The lowest BCUT2D eigenvalue weighted by molar-refractivity contribution is 0.420. The molecule has 0 fully saturated rings. The second-order valence-corrected chi connectivity index (χ2v) is 4.88. The van der Waals surface area contributed by atoms with Crippen LogP contribution in [0.3, 0.4) is 0 Å². The maximum atomic E-state index is 13.1. The molecular formula is C9H8FN3O3S. The van der Waals surface area contributed by atoms with E-state index >= 15 is 0 Å². The molecule has 90 valence electrons. The number of hydrogen-bond donors (Lipinski definition) is 2. The lowest BCUT2D eigenvalue weighted by atomic mass is 10.3. The Morgan fingerprint density at radius 1 is 1.41 bits per heavy atom. The minimum Gasteiger partial charge on any atom is -0.396 e. The molecule has 0 radical (unpaired) electrons. The van der Waals surface area contributed by atoms with Crippen LogP contribution in [0, 0.1) is 5.82 Å². The molecule has 2 aromatic rings. The molecule has 0 saturated heterocycles. The second kappa shape index (κ2) is 4.06. The van der Waals surface area contributed by atoms with Crippen molar-refractivity contribution in [2.75, 3.05) is 10.5 Å². The van der Waals surface area contributed by atoms with Crippen molar-refractivity contribution in [1.82, 2.24) is 5.16 Å². The molecule has 17 heavy (non-hydrogen) atoms. The highest BCUT2D eigenvalue weighted by molar-refractivity contribution is 7.92. The van der Waals surface area contributed by atoms with E-state index in [0.717, 1.165) is 12.3 Å². The first-order valence-corrected chi connectivity index (χ1v) is 5.94. The summed E-state index contributed by atoms with van der Waals surface area (Å²) in [6.07, 6.45) is 2.30. The predicted molar refractivity (Wildman–Crippen MR) is 58.1 cm³/mol. The number of hydrogen-bond acceptors (Lipinski definition) is 5. The molecule has 0 atom stereocenters. The van der Waals surface area contributed by atoms with Gasteiger partial charge in [-0.2, -0.15) is 0 Å². The second-order valence-electron chi connectivity index (χ2n) is 3.20. The van der Waals surface area contributed by atoms with Gasteiger partial charge in [-0.3, -0.25) is 4.72 Å². The van der Waals surface area contributed by atoms with Crippen molar-refractivity contribution in [3.8, 4) is 0 Å². The predicted octanol–water partition coefficient (Wildman–Crippen LogP) is 1.20. The van der Waals surface area contributed by atoms with Crippen molar-refractivity contribution >= 4 is 21.4 Å². The van der Waals surface area contributed by atoms with Crippen LogP contribution in [-0.2, 0) is 10.0 Å². The highest BCUT2D eigenvalue weighted by Crippen LogP contribution is 2.19. The molecule has 0 unspecified atom stereocenters. The van der Waals surface area contributed by atoms with Gasteiger partial charge >= 0.3 is 0 Å². The van der Waals surface area contributed by atoms with Crippen molar-refractivity contribution in [2.24, 2.45) is 0 Å². The van der Waals surface area contributed by atoms with Gasteiger partial charge in [0.1, 0.15) is 17.8 Å². The first-order valence-electron chi connectivity index (χ1n) is 4.46. The maximum Gasteiger partial charge on any atom is 0.262 e. The van der Waals surface area contributed by atoms with Crippen molar-refractivity contribution in [3.05, 3.63) is 36.5 Å². The van der Waals surface area contributed by atoms with E-state index in [0.29, 0.717) is 0 Å². The largest absolute Gasteiger partial charge is 0.396 e. The lowest BCUT2D eigenvalue weighted by Gasteiger charge is -2.06. The van der Waals surface area contributed by atoms with Crippen molar-refractivity contribution < 1.29 is 17.3 Å². The number of rotatable bonds is 3. The van der Waals surface area contributed by atoms with Gasteiger partial charge in [0.15, 0.2) is 0 Å². The van der Waals surface area contributed by atoms with E-state index in [-0.39, 0.29) is 16.3 Å². The quantitative estimate of drug-likeness (QED) is 0.805. The molecular weight excluding hydrogens is 249 g/mol. The molecule has 3 N–H and O–H groups in total. The third-order valence-electron chi connectivity index (χ3n) is 1.97. The molecule has 0 aliphatic rings. The van der Waals surface area contributed by atoms with E-state index in [1.807, 2.05) is 0 Å². The van der Waals surface area contributed by atoms with Gasteiger partial charge in [-0.15, -0.1) is 0 Å². The van der Waals surface area contributed by atoms with Gasteiger partial charge in [0, 0.05) is 0 Å². The Hall–Kier alpha value is -2.09. The van der Waals surface area contributed by atoms with E-state index in [2.05, 4.69) is 14.4 Å². The number of anilines is 2. The van der Waals surface area contributed by atoms with E-state index in [1.54, 1.807) is 0 Å².